The molecule has 0 aliphatic heterocycles. The first-order chi connectivity index (χ1) is 16.5. The van der Waals surface area contributed by atoms with Gasteiger partial charge in [0.1, 0.15) is 6.10 Å². The maximum absolute atomic E-state index is 13.4. The number of aromatic amines is 1. The lowest BCUT2D eigenvalue weighted by molar-refractivity contribution is 0.0787. The number of hydrogen-bond donors (Lipinski definition) is 4. The molecule has 12 heteroatoms. The van der Waals surface area contributed by atoms with E-state index in [-0.39, 0.29) is 16.9 Å². The molecule has 1 aromatic carbocycles. The molecule has 0 spiro atoms. The van der Waals surface area contributed by atoms with Gasteiger partial charge in [0.25, 0.3) is 0 Å². The summed E-state index contributed by atoms with van der Waals surface area (Å²) in [7, 11) is -3.83. The van der Waals surface area contributed by atoms with Gasteiger partial charge in [0.2, 0.25) is 10.0 Å². The van der Waals surface area contributed by atoms with Crippen LogP contribution in [0.2, 0.25) is 0 Å². The van der Waals surface area contributed by atoms with Crippen molar-refractivity contribution in [2.75, 3.05) is 5.32 Å². The number of hydrogen-bond acceptors (Lipinski definition) is 8. The van der Waals surface area contributed by atoms with Crippen molar-refractivity contribution in [1.29, 1.82) is 0 Å². The summed E-state index contributed by atoms with van der Waals surface area (Å²) in [6.45, 7) is 5.41. The number of carbonyl (C=O) groups excluding carboxylic acids is 1. The summed E-state index contributed by atoms with van der Waals surface area (Å²) in [6.07, 6.45) is 5.63. The zero-order chi connectivity index (χ0) is 25.2. The molecule has 0 saturated heterocycles. The number of aromatic nitrogens is 3. The summed E-state index contributed by atoms with van der Waals surface area (Å²) in [5, 5.41) is 10.9. The van der Waals surface area contributed by atoms with Gasteiger partial charge in [-0.3, -0.25) is 5.10 Å². The van der Waals surface area contributed by atoms with Crippen LogP contribution in [0.4, 0.5) is 16.3 Å². The minimum absolute atomic E-state index is 0.155. The summed E-state index contributed by atoms with van der Waals surface area (Å²) in [6, 6.07) is 6.99. The number of nitrogens with one attached hydrogen (secondary N) is 3. The number of carbonyl (C=O) groups is 1. The number of amides is 1. The molecule has 1 aliphatic carbocycles. The Hall–Kier alpha value is -2.96. The molecular weight excluding hydrogens is 488 g/mol. The fourth-order valence-corrected chi connectivity index (χ4v) is 7.01. The van der Waals surface area contributed by atoms with Gasteiger partial charge in [-0.05, 0) is 58.6 Å². The van der Waals surface area contributed by atoms with Gasteiger partial charge in [-0.2, -0.15) is 5.10 Å². The van der Waals surface area contributed by atoms with Crippen molar-refractivity contribution in [2.24, 2.45) is 5.73 Å². The topological polar surface area (TPSA) is 152 Å². The molecule has 1 saturated carbocycles. The van der Waals surface area contributed by atoms with Crippen LogP contribution in [0.5, 0.6) is 0 Å². The van der Waals surface area contributed by atoms with E-state index in [1.165, 1.54) is 11.3 Å². The van der Waals surface area contributed by atoms with Crippen LogP contribution in [0, 0.1) is 0 Å². The van der Waals surface area contributed by atoms with Crippen LogP contribution in [0.1, 0.15) is 57.4 Å². The van der Waals surface area contributed by atoms with Gasteiger partial charge >= 0.3 is 6.09 Å². The Bertz CT molecular complexity index is 1270. The van der Waals surface area contributed by atoms with E-state index in [0.29, 0.717) is 17.1 Å². The fourth-order valence-electron chi connectivity index (χ4n) is 4.15. The zero-order valence-corrected chi connectivity index (χ0v) is 21.5. The number of nitrogens with two attached hydrogens (primary N) is 1. The van der Waals surface area contributed by atoms with Crippen molar-refractivity contribution in [1.82, 2.24) is 19.9 Å². The maximum atomic E-state index is 13.4. The highest BCUT2D eigenvalue weighted by Crippen LogP contribution is 2.40. The summed E-state index contributed by atoms with van der Waals surface area (Å²) in [5.74, 6) is 0.815. The second-order valence-corrected chi connectivity index (χ2v) is 12.3. The molecule has 2 heterocycles. The Morgan fingerprint density at radius 1 is 1.20 bits per heavy atom. The van der Waals surface area contributed by atoms with Crippen LogP contribution in [0.3, 0.4) is 0 Å². The van der Waals surface area contributed by atoms with Crippen LogP contribution in [0.15, 0.2) is 41.6 Å². The number of sulfonamides is 1. The molecule has 2 aromatic heterocycles. The quantitative estimate of drug-likeness (QED) is 0.360. The number of anilines is 2. The van der Waals surface area contributed by atoms with Gasteiger partial charge in [-0.25, -0.2) is 22.9 Å². The molecule has 0 unspecified atom stereocenters. The van der Waals surface area contributed by atoms with E-state index in [1.54, 1.807) is 51.4 Å². The first-order valence-electron chi connectivity index (χ1n) is 11.4. The number of nitrogens with zero attached hydrogens (tertiary/aromatic N) is 2. The molecule has 3 aromatic rings. The third-order valence-corrected chi connectivity index (χ3v) is 8.57. The molecule has 1 amide bonds. The molecule has 0 bridgehead atoms. The predicted molar refractivity (Wildman–Crippen MR) is 135 cm³/mol. The lowest BCUT2D eigenvalue weighted by Crippen LogP contribution is -2.40. The minimum atomic E-state index is -3.83. The lowest BCUT2D eigenvalue weighted by atomic mass is 9.88. The Morgan fingerprint density at radius 2 is 1.94 bits per heavy atom. The molecule has 10 nitrogen and oxygen atoms in total. The van der Waals surface area contributed by atoms with Gasteiger partial charge < -0.3 is 15.8 Å². The van der Waals surface area contributed by atoms with Gasteiger partial charge in [0.05, 0.1) is 14.8 Å². The van der Waals surface area contributed by atoms with Crippen LogP contribution >= 0.6 is 11.3 Å². The first kappa shape index (κ1) is 25.1. The van der Waals surface area contributed by atoms with Gasteiger partial charge in [0, 0.05) is 41.2 Å². The van der Waals surface area contributed by atoms with Crippen LogP contribution in [0.25, 0.3) is 10.4 Å². The average molecular weight is 519 g/mol. The van der Waals surface area contributed by atoms with Crippen molar-refractivity contribution < 1.29 is 17.9 Å². The Kier molecular flexibility index (Phi) is 7.15. The smallest absolute Gasteiger partial charge is 0.404 e. The normalized spacial score (nSPS) is 18.8. The summed E-state index contributed by atoms with van der Waals surface area (Å²) >= 11 is 1.49. The van der Waals surface area contributed by atoms with Crippen molar-refractivity contribution >= 4 is 39.0 Å². The number of thiazole rings is 1. The monoisotopic (exact) mass is 518 g/mol. The second kappa shape index (κ2) is 9.96. The van der Waals surface area contributed by atoms with E-state index < -0.39 is 21.7 Å². The van der Waals surface area contributed by atoms with Gasteiger partial charge in [-0.1, -0.05) is 6.07 Å². The van der Waals surface area contributed by atoms with E-state index in [9.17, 15) is 13.2 Å². The molecule has 4 rings (SSSR count). The summed E-state index contributed by atoms with van der Waals surface area (Å²) in [5.41, 5.74) is 5.68. The predicted octanol–water partition coefficient (Wildman–Crippen LogP) is 4.48. The molecule has 0 radical (unpaired) electrons. The molecule has 188 valence electrons. The molecule has 1 fully saturated rings. The number of primary amides is 1. The highest BCUT2D eigenvalue weighted by atomic mass is 32.2. The third kappa shape index (κ3) is 6.38. The molecule has 35 heavy (non-hydrogen) atoms. The van der Waals surface area contributed by atoms with Crippen molar-refractivity contribution in [3.05, 3.63) is 41.7 Å². The largest absolute Gasteiger partial charge is 0.446 e. The van der Waals surface area contributed by atoms with Crippen molar-refractivity contribution in [3.63, 3.8) is 0 Å². The van der Waals surface area contributed by atoms with E-state index in [0.717, 1.165) is 35.6 Å². The maximum Gasteiger partial charge on any atom is 0.404 e. The number of rotatable bonds is 7. The molecule has 1 aliphatic rings. The van der Waals surface area contributed by atoms with Crippen LogP contribution in [-0.2, 0) is 14.8 Å². The van der Waals surface area contributed by atoms with Crippen molar-refractivity contribution in [2.45, 2.75) is 68.9 Å². The standard InChI is InChI=1S/C23H30N6O4S2/c1-23(2,3)29-35(31,32)19-12-15(27-20-10-11-26-28-20)6-9-17(19)18-13-25-21(34-18)14-4-7-16(8-5-14)33-22(24)30/h6,9-14,16,29H,4-5,7-8H2,1-3H3,(H2,24,30)(H2,26,27,28). The Balaban J connectivity index is 1.63. The van der Waals surface area contributed by atoms with E-state index in [1.807, 2.05) is 6.07 Å². The molecule has 5 N–H and O–H groups in total. The van der Waals surface area contributed by atoms with E-state index in [4.69, 9.17) is 10.5 Å². The number of ether oxygens (including phenoxy) is 1. The molecular formula is C23H30N6O4S2. The number of benzene rings is 1. The summed E-state index contributed by atoms with van der Waals surface area (Å²) in [4.78, 5) is 16.6. The highest BCUT2D eigenvalue weighted by molar-refractivity contribution is 7.89. The average Bonchev–Trinajstić information content (AvgIpc) is 3.45. The Labute approximate surface area is 208 Å². The summed E-state index contributed by atoms with van der Waals surface area (Å²) < 4.78 is 34.7. The first-order valence-corrected chi connectivity index (χ1v) is 13.7. The van der Waals surface area contributed by atoms with Crippen LogP contribution < -0.4 is 15.8 Å². The van der Waals surface area contributed by atoms with Gasteiger partial charge in [0.15, 0.2) is 5.82 Å². The highest BCUT2D eigenvalue weighted by Gasteiger charge is 2.29. The van der Waals surface area contributed by atoms with E-state index >= 15 is 0 Å². The van der Waals surface area contributed by atoms with Gasteiger partial charge in [-0.15, -0.1) is 11.3 Å². The van der Waals surface area contributed by atoms with E-state index in [2.05, 4.69) is 25.2 Å². The number of H-pyrrole nitrogens is 1. The van der Waals surface area contributed by atoms with Crippen LogP contribution in [-0.4, -0.2) is 41.3 Å². The fraction of sp³-hybridized carbons (Fsp3) is 0.435. The van der Waals surface area contributed by atoms with Crippen molar-refractivity contribution in [3.8, 4) is 10.4 Å². The second-order valence-electron chi connectivity index (χ2n) is 9.62. The SMILES string of the molecule is CC(C)(C)NS(=O)(=O)c1cc(Nc2cc[nH]n2)ccc1-c1cnc(C2CCC(OC(N)=O)CC2)s1. The zero-order valence-electron chi connectivity index (χ0n) is 19.9. The third-order valence-electron chi connectivity index (χ3n) is 5.58. The Morgan fingerprint density at radius 3 is 2.57 bits per heavy atom. The lowest BCUT2D eigenvalue weighted by Gasteiger charge is -2.26. The minimum Gasteiger partial charge on any atom is -0.446 e. The molecule has 0 atom stereocenters.